The van der Waals surface area contributed by atoms with Gasteiger partial charge < -0.3 is 30.6 Å². The van der Waals surface area contributed by atoms with Gasteiger partial charge in [-0.05, 0) is 38.5 Å². The Morgan fingerprint density at radius 1 is 0.500 bits per heavy atom. The number of hydrogen-bond donors (Lipinski definition) is 6. The summed E-state index contributed by atoms with van der Waals surface area (Å²) in [7, 11) is -4.23. The van der Waals surface area contributed by atoms with Gasteiger partial charge in [0.05, 0.1) is 18.3 Å². The van der Waals surface area contributed by atoms with Crippen molar-refractivity contribution in [3.05, 3.63) is 0 Å². The molecule has 10 nitrogen and oxygen atoms in total. The minimum Gasteiger partial charge on any atom is -0.396 e. The van der Waals surface area contributed by atoms with Crippen LogP contribution in [0.2, 0.25) is 0 Å². The zero-order valence-corrected chi connectivity index (χ0v) is 15.9. The lowest BCUT2D eigenvalue weighted by molar-refractivity contribution is 0.000316. The molecule has 158 valence electrons. The first-order chi connectivity index (χ1) is 12.5. The molecule has 0 aliphatic carbocycles. The summed E-state index contributed by atoms with van der Waals surface area (Å²) in [6, 6.07) is 0. The Hall–Kier alpha value is -0.130. The molecule has 26 heavy (non-hydrogen) atoms. The van der Waals surface area contributed by atoms with Gasteiger partial charge in [-0.1, -0.05) is 0 Å². The zero-order valence-electron chi connectivity index (χ0n) is 15.0. The van der Waals surface area contributed by atoms with Crippen LogP contribution >= 0.6 is 7.82 Å². The molecular weight excluding hydrogens is 371 g/mol. The van der Waals surface area contributed by atoms with Crippen molar-refractivity contribution < 1.29 is 48.8 Å². The highest BCUT2D eigenvalue weighted by Gasteiger charge is 2.36. The number of aliphatic hydroxyl groups is 6. The van der Waals surface area contributed by atoms with Gasteiger partial charge in [0.25, 0.3) is 0 Å². The highest BCUT2D eigenvalue weighted by atomic mass is 31.2. The average molecular weight is 404 g/mol. The average Bonchev–Trinajstić information content (AvgIpc) is 2.56. The van der Waals surface area contributed by atoms with E-state index in [9.17, 15) is 4.57 Å². The molecule has 0 aromatic carbocycles. The maximum atomic E-state index is 13.1. The maximum absolute atomic E-state index is 13.1. The van der Waals surface area contributed by atoms with Crippen LogP contribution in [0.4, 0.5) is 0 Å². The summed E-state index contributed by atoms with van der Waals surface area (Å²) in [6.45, 7) is -1.59. The van der Waals surface area contributed by atoms with Gasteiger partial charge >= 0.3 is 7.82 Å². The van der Waals surface area contributed by atoms with Crippen molar-refractivity contribution in [1.82, 2.24) is 0 Å². The molecule has 0 aromatic heterocycles. The smallest absolute Gasteiger partial charge is 0.396 e. The topological polar surface area (TPSA) is 166 Å². The van der Waals surface area contributed by atoms with E-state index >= 15 is 0 Å². The van der Waals surface area contributed by atoms with Crippen molar-refractivity contribution in [3.63, 3.8) is 0 Å². The molecule has 0 amide bonds. The highest BCUT2D eigenvalue weighted by Crippen LogP contribution is 2.54. The number of aliphatic hydroxyl groups excluding tert-OH is 6. The molecular formula is C15H33O10P. The highest BCUT2D eigenvalue weighted by molar-refractivity contribution is 7.48. The van der Waals surface area contributed by atoms with Crippen molar-refractivity contribution in [1.29, 1.82) is 0 Å². The lowest BCUT2D eigenvalue weighted by Gasteiger charge is -2.29. The van der Waals surface area contributed by atoms with Crippen molar-refractivity contribution in [2.24, 2.45) is 0 Å². The fourth-order valence-electron chi connectivity index (χ4n) is 2.24. The van der Waals surface area contributed by atoms with Gasteiger partial charge in [0.15, 0.2) is 0 Å². The van der Waals surface area contributed by atoms with Crippen LogP contribution in [-0.4, -0.2) is 88.6 Å². The second-order valence-electron chi connectivity index (χ2n) is 5.70. The fraction of sp³-hybridized carbons (Fsp3) is 1.00. The van der Waals surface area contributed by atoms with E-state index in [0.717, 1.165) is 0 Å². The summed E-state index contributed by atoms with van der Waals surface area (Å²) in [5, 5.41) is 54.6. The summed E-state index contributed by atoms with van der Waals surface area (Å²) >= 11 is 0. The van der Waals surface area contributed by atoms with E-state index in [1.807, 2.05) is 0 Å². The van der Waals surface area contributed by atoms with E-state index in [1.165, 1.54) is 0 Å². The first-order valence-electron chi connectivity index (χ1n) is 8.78. The minimum absolute atomic E-state index is 0.0899. The van der Waals surface area contributed by atoms with Gasteiger partial charge in [0.2, 0.25) is 0 Å². The third-order valence-electron chi connectivity index (χ3n) is 3.54. The SMILES string of the molecule is O=P(OC(CCO)CCO)(OC(CCO)CCO)OC(CCO)CCO. The van der Waals surface area contributed by atoms with Crippen LogP contribution in [-0.2, 0) is 18.1 Å². The summed E-state index contributed by atoms with van der Waals surface area (Å²) in [4.78, 5) is 0. The maximum Gasteiger partial charge on any atom is 0.475 e. The Labute approximate surface area is 154 Å². The van der Waals surface area contributed by atoms with Gasteiger partial charge in [-0.25, -0.2) is 4.57 Å². The van der Waals surface area contributed by atoms with Crippen molar-refractivity contribution in [2.45, 2.75) is 56.8 Å². The van der Waals surface area contributed by atoms with Gasteiger partial charge in [-0.2, -0.15) is 0 Å². The first-order valence-corrected chi connectivity index (χ1v) is 10.2. The van der Waals surface area contributed by atoms with Crippen LogP contribution in [0.5, 0.6) is 0 Å². The second-order valence-corrected chi connectivity index (χ2v) is 7.23. The van der Waals surface area contributed by atoms with Gasteiger partial charge in [0, 0.05) is 39.6 Å². The van der Waals surface area contributed by atoms with E-state index in [-0.39, 0.29) is 78.2 Å². The van der Waals surface area contributed by atoms with E-state index in [1.54, 1.807) is 0 Å². The summed E-state index contributed by atoms with van der Waals surface area (Å²) < 4.78 is 29.4. The summed E-state index contributed by atoms with van der Waals surface area (Å²) in [5.41, 5.74) is 0. The first kappa shape index (κ1) is 25.9. The Balaban J connectivity index is 5.33. The molecule has 0 unspecified atom stereocenters. The molecule has 0 bridgehead atoms. The van der Waals surface area contributed by atoms with Crippen LogP contribution < -0.4 is 0 Å². The zero-order chi connectivity index (χ0) is 19.8. The second kappa shape index (κ2) is 15.9. The summed E-state index contributed by atoms with van der Waals surface area (Å²) in [5.74, 6) is 0. The quantitative estimate of drug-likeness (QED) is 0.165. The molecule has 0 aliphatic rings. The molecule has 11 heteroatoms. The Morgan fingerprint density at radius 3 is 0.846 bits per heavy atom. The number of hydrogen-bond acceptors (Lipinski definition) is 10. The van der Waals surface area contributed by atoms with Crippen LogP contribution in [0.25, 0.3) is 0 Å². The normalized spacial score (nSPS) is 12.7. The molecule has 0 radical (unpaired) electrons. The number of phosphoric ester groups is 1. The standard InChI is InChI=1S/C15H33O10P/c16-7-1-13(2-8-17)23-26(22,24-14(3-9-18)4-10-19)25-15(5-11-20)6-12-21/h13-21H,1-12H2. The molecule has 0 aliphatic heterocycles. The van der Waals surface area contributed by atoms with E-state index in [4.69, 9.17) is 44.2 Å². The van der Waals surface area contributed by atoms with Crippen LogP contribution in [0.15, 0.2) is 0 Å². The Kier molecular flexibility index (Phi) is 15.8. The largest absolute Gasteiger partial charge is 0.475 e. The van der Waals surface area contributed by atoms with Gasteiger partial charge in [0.1, 0.15) is 0 Å². The van der Waals surface area contributed by atoms with E-state index in [2.05, 4.69) is 0 Å². The van der Waals surface area contributed by atoms with E-state index in [0.29, 0.717) is 0 Å². The number of phosphoric acid groups is 1. The predicted octanol–water partition coefficient (Wildman–Crippen LogP) is -0.456. The molecule has 0 atom stereocenters. The molecule has 0 spiro atoms. The third-order valence-corrected chi connectivity index (χ3v) is 5.21. The fourth-order valence-corrected chi connectivity index (χ4v) is 4.11. The molecule has 0 heterocycles. The van der Waals surface area contributed by atoms with Crippen molar-refractivity contribution >= 4 is 7.82 Å². The molecule has 0 rings (SSSR count). The lowest BCUT2D eigenvalue weighted by atomic mass is 10.2. The van der Waals surface area contributed by atoms with Crippen LogP contribution in [0.3, 0.4) is 0 Å². The monoisotopic (exact) mass is 404 g/mol. The lowest BCUT2D eigenvalue weighted by Crippen LogP contribution is -2.24. The third kappa shape index (κ3) is 11.6. The molecule has 0 aromatic rings. The van der Waals surface area contributed by atoms with Crippen molar-refractivity contribution in [3.8, 4) is 0 Å². The Morgan fingerprint density at radius 2 is 0.692 bits per heavy atom. The number of rotatable bonds is 18. The van der Waals surface area contributed by atoms with Crippen LogP contribution in [0, 0.1) is 0 Å². The van der Waals surface area contributed by atoms with Gasteiger partial charge in [-0.15, -0.1) is 0 Å². The molecule has 0 saturated carbocycles. The Bertz CT molecular complexity index is 300. The van der Waals surface area contributed by atoms with E-state index < -0.39 is 26.1 Å². The summed E-state index contributed by atoms with van der Waals surface area (Å²) in [6.07, 6.45) is -1.87. The molecule has 0 saturated heterocycles. The van der Waals surface area contributed by atoms with Crippen LogP contribution in [0.1, 0.15) is 38.5 Å². The molecule has 0 fully saturated rings. The molecule has 6 N–H and O–H groups in total. The van der Waals surface area contributed by atoms with Crippen molar-refractivity contribution in [2.75, 3.05) is 39.6 Å². The minimum atomic E-state index is -4.23. The predicted molar refractivity (Wildman–Crippen MR) is 92.4 cm³/mol. The van der Waals surface area contributed by atoms with Gasteiger partial charge in [-0.3, -0.25) is 13.6 Å².